The van der Waals surface area contributed by atoms with Crippen molar-refractivity contribution in [2.75, 3.05) is 12.4 Å². The van der Waals surface area contributed by atoms with Crippen LogP contribution in [0, 0.1) is 12.8 Å². The topological polar surface area (TPSA) is 50.4 Å². The van der Waals surface area contributed by atoms with Gasteiger partial charge in [0.15, 0.2) is 0 Å². The minimum Gasteiger partial charge on any atom is -0.495 e. The lowest BCUT2D eigenvalue weighted by Gasteiger charge is -2.20. The summed E-state index contributed by atoms with van der Waals surface area (Å²) in [7, 11) is 1.62. The van der Waals surface area contributed by atoms with Crippen LogP contribution in [-0.2, 0) is 4.79 Å². The van der Waals surface area contributed by atoms with Gasteiger partial charge in [-0.05, 0) is 43.9 Å². The Morgan fingerprint density at radius 2 is 2.26 bits per heavy atom. The molecule has 3 atom stereocenters. The largest absolute Gasteiger partial charge is 0.495 e. The molecule has 4 heteroatoms. The van der Waals surface area contributed by atoms with E-state index in [9.17, 15) is 4.79 Å². The SMILES string of the molecule is COc1ccc(C)cc1NC(=O)C1CC2CCC1N2. The first-order chi connectivity index (χ1) is 9.17. The van der Waals surface area contributed by atoms with Gasteiger partial charge in [0.2, 0.25) is 5.91 Å². The molecule has 3 rings (SSSR count). The van der Waals surface area contributed by atoms with Gasteiger partial charge in [0, 0.05) is 12.1 Å². The Bertz CT molecular complexity index is 501. The highest BCUT2D eigenvalue weighted by molar-refractivity contribution is 5.94. The van der Waals surface area contributed by atoms with Crippen molar-refractivity contribution in [2.24, 2.45) is 5.92 Å². The second-order valence-electron chi connectivity index (χ2n) is 5.58. The molecular weight excluding hydrogens is 240 g/mol. The summed E-state index contributed by atoms with van der Waals surface area (Å²) in [5.41, 5.74) is 1.89. The average molecular weight is 260 g/mol. The fourth-order valence-electron chi connectivity index (χ4n) is 3.26. The van der Waals surface area contributed by atoms with E-state index in [1.807, 2.05) is 25.1 Å². The van der Waals surface area contributed by atoms with E-state index in [2.05, 4.69) is 10.6 Å². The van der Waals surface area contributed by atoms with Crippen molar-refractivity contribution in [1.29, 1.82) is 0 Å². The lowest BCUT2D eigenvalue weighted by atomic mass is 9.88. The maximum atomic E-state index is 12.4. The predicted molar refractivity (Wildman–Crippen MR) is 74.4 cm³/mol. The summed E-state index contributed by atoms with van der Waals surface area (Å²) in [6, 6.07) is 6.73. The Balaban J connectivity index is 1.74. The van der Waals surface area contributed by atoms with Crippen LogP contribution in [0.25, 0.3) is 0 Å². The van der Waals surface area contributed by atoms with E-state index in [0.717, 1.165) is 29.8 Å². The van der Waals surface area contributed by atoms with Crippen molar-refractivity contribution in [3.05, 3.63) is 23.8 Å². The summed E-state index contributed by atoms with van der Waals surface area (Å²) < 4.78 is 5.30. The zero-order valence-corrected chi connectivity index (χ0v) is 11.4. The Morgan fingerprint density at radius 1 is 1.42 bits per heavy atom. The van der Waals surface area contributed by atoms with Crippen LogP contribution < -0.4 is 15.4 Å². The molecule has 2 N–H and O–H groups in total. The summed E-state index contributed by atoms with van der Waals surface area (Å²) >= 11 is 0. The second kappa shape index (κ2) is 4.85. The summed E-state index contributed by atoms with van der Waals surface area (Å²) in [6.45, 7) is 2.01. The summed E-state index contributed by atoms with van der Waals surface area (Å²) in [4.78, 5) is 12.4. The molecule has 1 aromatic rings. The smallest absolute Gasteiger partial charge is 0.229 e. The van der Waals surface area contributed by atoms with E-state index >= 15 is 0 Å². The van der Waals surface area contributed by atoms with E-state index in [0.29, 0.717) is 12.1 Å². The molecule has 2 aliphatic heterocycles. The number of ether oxygens (including phenoxy) is 1. The van der Waals surface area contributed by atoms with Gasteiger partial charge in [-0.2, -0.15) is 0 Å². The maximum Gasteiger partial charge on any atom is 0.229 e. The van der Waals surface area contributed by atoms with Crippen LogP contribution in [0.5, 0.6) is 5.75 Å². The number of benzene rings is 1. The van der Waals surface area contributed by atoms with E-state index in [1.165, 1.54) is 6.42 Å². The summed E-state index contributed by atoms with van der Waals surface area (Å²) in [5, 5.41) is 6.52. The summed E-state index contributed by atoms with van der Waals surface area (Å²) in [5.74, 6) is 0.933. The highest BCUT2D eigenvalue weighted by atomic mass is 16.5. The third kappa shape index (κ3) is 2.32. The van der Waals surface area contributed by atoms with Crippen LogP contribution in [0.3, 0.4) is 0 Å². The number of aryl methyl sites for hydroxylation is 1. The molecule has 0 spiro atoms. The molecule has 3 unspecified atom stereocenters. The van der Waals surface area contributed by atoms with Crippen molar-refractivity contribution < 1.29 is 9.53 Å². The quantitative estimate of drug-likeness (QED) is 0.875. The molecule has 0 saturated carbocycles. The van der Waals surface area contributed by atoms with Crippen LogP contribution in [-0.4, -0.2) is 25.1 Å². The molecule has 0 radical (unpaired) electrons. The number of fused-ring (bicyclic) bond motifs is 2. The van der Waals surface area contributed by atoms with Gasteiger partial charge >= 0.3 is 0 Å². The van der Waals surface area contributed by atoms with E-state index in [-0.39, 0.29) is 11.8 Å². The number of hydrogen-bond donors (Lipinski definition) is 2. The van der Waals surface area contributed by atoms with Crippen molar-refractivity contribution in [1.82, 2.24) is 5.32 Å². The Hall–Kier alpha value is -1.55. The number of nitrogens with one attached hydrogen (secondary N) is 2. The van der Waals surface area contributed by atoms with Gasteiger partial charge in [-0.3, -0.25) is 4.79 Å². The minimum atomic E-state index is 0.101. The third-order valence-corrected chi connectivity index (χ3v) is 4.25. The van der Waals surface area contributed by atoms with Crippen LogP contribution in [0.2, 0.25) is 0 Å². The molecule has 1 amide bonds. The molecule has 2 saturated heterocycles. The number of carbonyl (C=O) groups excluding carboxylic acids is 1. The molecule has 0 aromatic heterocycles. The third-order valence-electron chi connectivity index (χ3n) is 4.25. The first kappa shape index (κ1) is 12.5. The molecule has 0 aliphatic carbocycles. The Labute approximate surface area is 113 Å². The predicted octanol–water partition coefficient (Wildman–Crippen LogP) is 2.08. The van der Waals surface area contributed by atoms with Gasteiger partial charge in [0.1, 0.15) is 5.75 Å². The van der Waals surface area contributed by atoms with Crippen molar-refractivity contribution in [3.8, 4) is 5.75 Å². The highest BCUT2D eigenvalue weighted by Gasteiger charge is 2.42. The number of methoxy groups -OCH3 is 1. The molecule has 2 fully saturated rings. The molecule has 2 bridgehead atoms. The first-order valence-corrected chi connectivity index (χ1v) is 6.89. The van der Waals surface area contributed by atoms with E-state index in [4.69, 9.17) is 4.74 Å². The maximum absolute atomic E-state index is 12.4. The summed E-state index contributed by atoms with van der Waals surface area (Å²) in [6.07, 6.45) is 3.29. The fraction of sp³-hybridized carbons (Fsp3) is 0.533. The number of amides is 1. The van der Waals surface area contributed by atoms with Crippen molar-refractivity contribution in [3.63, 3.8) is 0 Å². The molecule has 4 nitrogen and oxygen atoms in total. The van der Waals surface area contributed by atoms with Gasteiger partial charge in [-0.1, -0.05) is 6.07 Å². The van der Waals surface area contributed by atoms with Gasteiger partial charge in [-0.15, -0.1) is 0 Å². The molecule has 102 valence electrons. The molecule has 2 heterocycles. The number of hydrogen-bond acceptors (Lipinski definition) is 3. The zero-order chi connectivity index (χ0) is 13.4. The normalized spacial score (nSPS) is 28.4. The Morgan fingerprint density at radius 3 is 2.89 bits per heavy atom. The lowest BCUT2D eigenvalue weighted by Crippen LogP contribution is -2.32. The Kier molecular flexibility index (Phi) is 3.19. The van der Waals surface area contributed by atoms with Crippen LogP contribution in [0.1, 0.15) is 24.8 Å². The van der Waals surface area contributed by atoms with Crippen molar-refractivity contribution >= 4 is 11.6 Å². The standard InChI is InChI=1S/C15H20N2O2/c1-9-3-6-14(19-2)13(7-9)17-15(18)11-8-10-4-5-12(11)16-10/h3,6-7,10-12,16H,4-5,8H2,1-2H3,(H,17,18). The molecule has 1 aromatic carbocycles. The molecule has 2 aliphatic rings. The second-order valence-corrected chi connectivity index (χ2v) is 5.58. The van der Waals surface area contributed by atoms with Crippen LogP contribution >= 0.6 is 0 Å². The number of anilines is 1. The van der Waals surface area contributed by atoms with E-state index in [1.54, 1.807) is 7.11 Å². The average Bonchev–Trinajstić information content (AvgIpc) is 3.01. The fourth-order valence-corrected chi connectivity index (χ4v) is 3.26. The zero-order valence-electron chi connectivity index (χ0n) is 11.4. The van der Waals surface area contributed by atoms with Gasteiger partial charge in [0.05, 0.1) is 18.7 Å². The number of carbonyl (C=O) groups is 1. The number of rotatable bonds is 3. The van der Waals surface area contributed by atoms with E-state index < -0.39 is 0 Å². The van der Waals surface area contributed by atoms with Crippen molar-refractivity contribution in [2.45, 2.75) is 38.3 Å². The van der Waals surface area contributed by atoms with Gasteiger partial charge < -0.3 is 15.4 Å². The van der Waals surface area contributed by atoms with Gasteiger partial charge in [0.25, 0.3) is 0 Å². The minimum absolute atomic E-state index is 0.101. The monoisotopic (exact) mass is 260 g/mol. The van der Waals surface area contributed by atoms with Crippen LogP contribution in [0.15, 0.2) is 18.2 Å². The lowest BCUT2D eigenvalue weighted by molar-refractivity contribution is -0.120. The highest BCUT2D eigenvalue weighted by Crippen LogP contribution is 2.34. The first-order valence-electron chi connectivity index (χ1n) is 6.89. The molecule has 19 heavy (non-hydrogen) atoms. The van der Waals surface area contributed by atoms with Gasteiger partial charge in [-0.25, -0.2) is 0 Å². The molecular formula is C15H20N2O2. The van der Waals surface area contributed by atoms with Crippen LogP contribution in [0.4, 0.5) is 5.69 Å².